The van der Waals surface area contributed by atoms with Crippen LogP contribution in [0, 0.1) is 5.92 Å². The summed E-state index contributed by atoms with van der Waals surface area (Å²) in [6.45, 7) is 0. The van der Waals surface area contributed by atoms with E-state index < -0.39 is 61.8 Å². The molecule has 0 aromatic carbocycles. The fourth-order valence-corrected chi connectivity index (χ4v) is 3.00. The summed E-state index contributed by atoms with van der Waals surface area (Å²) in [5, 5.41) is 0. The molecule has 2 rings (SSSR count). The van der Waals surface area contributed by atoms with Crippen molar-refractivity contribution >= 4 is 0 Å². The van der Waals surface area contributed by atoms with Crippen molar-refractivity contribution in [3.05, 3.63) is 0 Å². The fraction of sp³-hybridized carbons (Fsp3) is 1.00. The first-order chi connectivity index (χ1) is 9.72. The van der Waals surface area contributed by atoms with Crippen LogP contribution in [0.3, 0.4) is 0 Å². The summed E-state index contributed by atoms with van der Waals surface area (Å²) in [7, 11) is 0. The molecule has 8 heteroatoms. The molecule has 0 aliphatic heterocycles. The van der Waals surface area contributed by atoms with Crippen LogP contribution in [-0.4, -0.2) is 43.1 Å². The molecule has 0 saturated heterocycles. The zero-order valence-electron chi connectivity index (χ0n) is 11.1. The average Bonchev–Trinajstić information content (AvgIpc) is 2.34. The molecule has 2 aliphatic carbocycles. The van der Waals surface area contributed by atoms with Crippen molar-refractivity contribution in [2.45, 2.75) is 75.2 Å². The lowest BCUT2D eigenvalue weighted by Crippen LogP contribution is -2.50. The molecule has 124 valence electrons. The van der Waals surface area contributed by atoms with Crippen LogP contribution < -0.4 is 0 Å². The minimum absolute atomic E-state index is 0.154. The van der Waals surface area contributed by atoms with E-state index in [1.165, 1.54) is 0 Å². The highest BCUT2D eigenvalue weighted by molar-refractivity contribution is 4.91. The van der Waals surface area contributed by atoms with E-state index >= 15 is 0 Å². The Balaban J connectivity index is 2.03. The summed E-state index contributed by atoms with van der Waals surface area (Å²) in [6, 6.07) is 0. The zero-order valence-corrected chi connectivity index (χ0v) is 11.1. The number of hydrogen-bond donors (Lipinski definition) is 0. The molecule has 1 nitrogen and oxygen atoms in total. The highest BCUT2D eigenvalue weighted by Gasteiger charge is 2.54. The van der Waals surface area contributed by atoms with Crippen LogP contribution in [0.4, 0.5) is 30.7 Å². The highest BCUT2D eigenvalue weighted by atomic mass is 19.3. The Labute approximate surface area is 117 Å². The molecule has 0 aromatic rings. The highest BCUT2D eigenvalue weighted by Crippen LogP contribution is 2.43. The molecule has 0 radical (unpaired) electrons. The van der Waals surface area contributed by atoms with Gasteiger partial charge in [0.05, 0.1) is 6.10 Å². The maximum absolute atomic E-state index is 13.9. The van der Waals surface area contributed by atoms with Gasteiger partial charge in [0.2, 0.25) is 0 Å². The van der Waals surface area contributed by atoms with Gasteiger partial charge in [-0.25, -0.2) is 22.0 Å². The van der Waals surface area contributed by atoms with Gasteiger partial charge in [-0.1, -0.05) is 0 Å². The second-order valence-electron chi connectivity index (χ2n) is 5.74. The second kappa shape index (κ2) is 6.30. The van der Waals surface area contributed by atoms with Gasteiger partial charge in [-0.15, -0.1) is 0 Å². The molecule has 0 heterocycles. The molecule has 4 unspecified atom stereocenters. The standard InChI is InChI=1S/C13H17F7O/c14-7-2-1-3-8(15)11(7)13(19,20)21-6-4-9(16)12(18)10(17)5-6/h6-12H,1-5H2. The minimum atomic E-state index is -4.17. The molecule has 21 heavy (non-hydrogen) atoms. The Morgan fingerprint density at radius 1 is 0.762 bits per heavy atom. The average molecular weight is 322 g/mol. The lowest BCUT2D eigenvalue weighted by atomic mass is 9.84. The smallest absolute Gasteiger partial charge is 0.317 e. The summed E-state index contributed by atoms with van der Waals surface area (Å²) < 4.78 is 98.5. The van der Waals surface area contributed by atoms with Gasteiger partial charge in [-0.2, -0.15) is 8.78 Å². The first-order valence-corrected chi connectivity index (χ1v) is 6.98. The van der Waals surface area contributed by atoms with Crippen LogP contribution in [0.2, 0.25) is 0 Å². The van der Waals surface area contributed by atoms with Crippen molar-refractivity contribution in [2.24, 2.45) is 5.92 Å². The van der Waals surface area contributed by atoms with Gasteiger partial charge in [0.15, 0.2) is 6.17 Å². The van der Waals surface area contributed by atoms with E-state index in [0.717, 1.165) is 0 Å². The maximum atomic E-state index is 13.9. The quantitative estimate of drug-likeness (QED) is 0.706. The van der Waals surface area contributed by atoms with Gasteiger partial charge in [-0.3, -0.25) is 0 Å². The van der Waals surface area contributed by atoms with Gasteiger partial charge >= 0.3 is 6.11 Å². The Bertz CT molecular complexity index is 331. The molecule has 0 aromatic heterocycles. The van der Waals surface area contributed by atoms with E-state index in [9.17, 15) is 30.7 Å². The minimum Gasteiger partial charge on any atom is -0.317 e. The molecule has 0 N–H and O–H groups in total. The first kappa shape index (κ1) is 16.8. The second-order valence-corrected chi connectivity index (χ2v) is 5.74. The van der Waals surface area contributed by atoms with Gasteiger partial charge in [0, 0.05) is 12.8 Å². The van der Waals surface area contributed by atoms with Crippen molar-refractivity contribution < 1.29 is 35.5 Å². The topological polar surface area (TPSA) is 9.23 Å². The van der Waals surface area contributed by atoms with Gasteiger partial charge < -0.3 is 4.74 Å². The largest absolute Gasteiger partial charge is 0.364 e. The molecule has 4 atom stereocenters. The number of alkyl halides is 7. The Hall–Kier alpha value is -0.530. The predicted octanol–water partition coefficient (Wildman–Crippen LogP) is 4.25. The summed E-state index contributed by atoms with van der Waals surface area (Å²) in [5.74, 6) is -2.29. The molecule has 0 spiro atoms. The third-order valence-corrected chi connectivity index (χ3v) is 4.12. The monoisotopic (exact) mass is 322 g/mol. The maximum Gasteiger partial charge on any atom is 0.364 e. The van der Waals surface area contributed by atoms with E-state index in [4.69, 9.17) is 0 Å². The lowest BCUT2D eigenvalue weighted by molar-refractivity contribution is -0.321. The Kier molecular flexibility index (Phi) is 5.05. The predicted molar refractivity (Wildman–Crippen MR) is 60.9 cm³/mol. The molecule has 0 bridgehead atoms. The van der Waals surface area contributed by atoms with Crippen LogP contribution in [0.1, 0.15) is 32.1 Å². The van der Waals surface area contributed by atoms with Crippen molar-refractivity contribution in [1.82, 2.24) is 0 Å². The SMILES string of the molecule is FC1CC(OC(F)(F)C2C(F)CCCC2F)CC(F)C1F. The summed E-state index contributed by atoms with van der Waals surface area (Å²) in [6.07, 6.45) is -18.6. The third kappa shape index (κ3) is 3.63. The van der Waals surface area contributed by atoms with E-state index in [2.05, 4.69) is 4.74 Å². The van der Waals surface area contributed by atoms with E-state index in [1.54, 1.807) is 0 Å². The number of hydrogen-bond acceptors (Lipinski definition) is 1. The van der Waals surface area contributed by atoms with Gasteiger partial charge in [-0.05, 0) is 19.3 Å². The van der Waals surface area contributed by atoms with Crippen molar-refractivity contribution in [2.75, 3.05) is 0 Å². The number of halogens is 7. The van der Waals surface area contributed by atoms with Crippen LogP contribution in [0.5, 0.6) is 0 Å². The van der Waals surface area contributed by atoms with E-state index in [1.807, 2.05) is 0 Å². The summed E-state index contributed by atoms with van der Waals surface area (Å²) in [5.41, 5.74) is 0. The first-order valence-electron chi connectivity index (χ1n) is 6.98. The van der Waals surface area contributed by atoms with Crippen LogP contribution in [-0.2, 0) is 4.74 Å². The molecule has 0 amide bonds. The van der Waals surface area contributed by atoms with Crippen molar-refractivity contribution in [1.29, 1.82) is 0 Å². The van der Waals surface area contributed by atoms with E-state index in [0.29, 0.717) is 0 Å². The molecule has 2 fully saturated rings. The normalized spacial score (nSPS) is 45.6. The molecule has 2 saturated carbocycles. The van der Waals surface area contributed by atoms with Crippen LogP contribution in [0.25, 0.3) is 0 Å². The Morgan fingerprint density at radius 2 is 1.24 bits per heavy atom. The van der Waals surface area contributed by atoms with Gasteiger partial charge in [0.1, 0.15) is 30.6 Å². The van der Waals surface area contributed by atoms with Crippen molar-refractivity contribution in [3.63, 3.8) is 0 Å². The number of ether oxygens (including phenoxy) is 1. The Morgan fingerprint density at radius 3 is 1.71 bits per heavy atom. The number of rotatable bonds is 3. The molecular weight excluding hydrogens is 305 g/mol. The fourth-order valence-electron chi connectivity index (χ4n) is 3.00. The third-order valence-electron chi connectivity index (χ3n) is 4.12. The zero-order chi connectivity index (χ0) is 15.8. The van der Waals surface area contributed by atoms with Crippen LogP contribution in [0.15, 0.2) is 0 Å². The molecule has 2 aliphatic rings. The molecular formula is C13H17F7O. The van der Waals surface area contributed by atoms with Crippen molar-refractivity contribution in [3.8, 4) is 0 Å². The lowest BCUT2D eigenvalue weighted by Gasteiger charge is -2.38. The summed E-state index contributed by atoms with van der Waals surface area (Å²) >= 11 is 0. The van der Waals surface area contributed by atoms with Gasteiger partial charge in [0.25, 0.3) is 0 Å². The van der Waals surface area contributed by atoms with Crippen LogP contribution >= 0.6 is 0 Å². The van der Waals surface area contributed by atoms with E-state index in [-0.39, 0.29) is 19.3 Å². The summed E-state index contributed by atoms with van der Waals surface area (Å²) in [4.78, 5) is 0.